The number of hydrogen-bond acceptors (Lipinski definition) is 3. The van der Waals surface area contributed by atoms with Crippen LogP contribution in [0.5, 0.6) is 0 Å². The van der Waals surface area contributed by atoms with Crippen molar-refractivity contribution in [2.75, 3.05) is 6.54 Å². The molecule has 132 valence electrons. The lowest BCUT2D eigenvalue weighted by molar-refractivity contribution is 0.0714. The summed E-state index contributed by atoms with van der Waals surface area (Å²) in [5, 5.41) is 0. The van der Waals surface area contributed by atoms with Crippen LogP contribution in [0.4, 0.5) is 4.39 Å². The van der Waals surface area contributed by atoms with E-state index in [9.17, 15) is 9.18 Å². The summed E-state index contributed by atoms with van der Waals surface area (Å²) >= 11 is 0. The van der Waals surface area contributed by atoms with Gasteiger partial charge in [0.05, 0.1) is 11.7 Å². The Kier molecular flexibility index (Phi) is 5.37. The first-order chi connectivity index (χ1) is 12.6. The maximum Gasteiger partial charge on any atom is 0.254 e. The summed E-state index contributed by atoms with van der Waals surface area (Å²) in [4.78, 5) is 23.5. The lowest BCUT2D eigenvalue weighted by Crippen LogP contribution is -2.36. The zero-order valence-electron chi connectivity index (χ0n) is 14.8. The molecule has 1 amide bonds. The fraction of sp³-hybridized carbons (Fsp3) is 0.190. The summed E-state index contributed by atoms with van der Waals surface area (Å²) in [7, 11) is 0. The summed E-state index contributed by atoms with van der Waals surface area (Å²) in [5.74, 6) is -0.425. The Bertz CT molecular complexity index is 881. The largest absolute Gasteiger partial charge is 0.326 e. The number of benzene rings is 1. The molecule has 3 rings (SSSR count). The van der Waals surface area contributed by atoms with Gasteiger partial charge in [-0.25, -0.2) is 4.39 Å². The first-order valence-corrected chi connectivity index (χ1v) is 8.50. The second-order valence-corrected chi connectivity index (χ2v) is 5.99. The van der Waals surface area contributed by atoms with Crippen LogP contribution in [0.3, 0.4) is 0 Å². The predicted molar refractivity (Wildman–Crippen MR) is 98.2 cm³/mol. The molecule has 0 bridgehead atoms. The third kappa shape index (κ3) is 3.77. The monoisotopic (exact) mass is 349 g/mol. The molecule has 1 atom stereocenters. The van der Waals surface area contributed by atoms with Crippen LogP contribution in [0.2, 0.25) is 0 Å². The molecule has 0 N–H and O–H groups in total. The van der Waals surface area contributed by atoms with Gasteiger partial charge in [0.2, 0.25) is 0 Å². The predicted octanol–water partition coefficient (Wildman–Crippen LogP) is 4.18. The molecule has 0 aliphatic rings. The number of carbonyl (C=O) groups is 1. The number of aromatic nitrogens is 2. The number of pyridine rings is 2. The summed E-state index contributed by atoms with van der Waals surface area (Å²) in [6, 6.07) is 14.9. The molecule has 2 aromatic heterocycles. The van der Waals surface area contributed by atoms with Gasteiger partial charge in [0, 0.05) is 30.2 Å². The number of amides is 1. The van der Waals surface area contributed by atoms with Crippen molar-refractivity contribution in [3.8, 4) is 0 Å². The Balaban J connectivity index is 2.06. The van der Waals surface area contributed by atoms with Crippen LogP contribution in [0.1, 0.15) is 40.3 Å². The van der Waals surface area contributed by atoms with Gasteiger partial charge < -0.3 is 4.90 Å². The van der Waals surface area contributed by atoms with E-state index in [0.29, 0.717) is 12.1 Å². The van der Waals surface area contributed by atoms with Gasteiger partial charge in [-0.2, -0.15) is 0 Å². The maximum atomic E-state index is 13.4. The van der Waals surface area contributed by atoms with Crippen LogP contribution < -0.4 is 0 Å². The Hall–Kier alpha value is -3.08. The quantitative estimate of drug-likeness (QED) is 0.694. The second kappa shape index (κ2) is 7.87. The van der Waals surface area contributed by atoms with Crippen molar-refractivity contribution in [3.63, 3.8) is 0 Å². The zero-order valence-corrected chi connectivity index (χ0v) is 14.8. The molecule has 0 aliphatic carbocycles. The highest BCUT2D eigenvalue weighted by atomic mass is 19.1. The van der Waals surface area contributed by atoms with E-state index < -0.39 is 6.04 Å². The minimum Gasteiger partial charge on any atom is -0.326 e. The smallest absolute Gasteiger partial charge is 0.254 e. The highest BCUT2D eigenvalue weighted by molar-refractivity contribution is 5.94. The number of aryl methyl sites for hydroxylation is 1. The molecule has 0 saturated carbocycles. The molecule has 2 heterocycles. The Morgan fingerprint density at radius 2 is 1.85 bits per heavy atom. The number of nitrogens with zero attached hydrogens (tertiary/aromatic N) is 3. The van der Waals surface area contributed by atoms with E-state index in [4.69, 9.17) is 0 Å². The Morgan fingerprint density at radius 3 is 2.46 bits per heavy atom. The van der Waals surface area contributed by atoms with Crippen molar-refractivity contribution in [3.05, 3.63) is 95.3 Å². The lowest BCUT2D eigenvalue weighted by Gasteiger charge is -2.31. The molecule has 0 saturated heterocycles. The summed E-state index contributed by atoms with van der Waals surface area (Å²) in [6.07, 6.45) is 3.32. The Morgan fingerprint density at radius 1 is 1.08 bits per heavy atom. The molecule has 1 aromatic carbocycles. The van der Waals surface area contributed by atoms with Crippen LogP contribution >= 0.6 is 0 Å². The summed E-state index contributed by atoms with van der Waals surface area (Å²) in [6.45, 7) is 4.26. The van der Waals surface area contributed by atoms with Crippen LogP contribution in [0.15, 0.2) is 67.0 Å². The van der Waals surface area contributed by atoms with Gasteiger partial charge in [-0.1, -0.05) is 18.2 Å². The lowest BCUT2D eigenvalue weighted by atomic mass is 10.00. The number of carbonyl (C=O) groups excluding carboxylic acids is 1. The van der Waals surface area contributed by atoms with Crippen molar-refractivity contribution in [1.29, 1.82) is 0 Å². The number of rotatable bonds is 5. The van der Waals surface area contributed by atoms with Crippen molar-refractivity contribution < 1.29 is 9.18 Å². The van der Waals surface area contributed by atoms with Gasteiger partial charge in [0.15, 0.2) is 0 Å². The molecule has 0 fully saturated rings. The highest BCUT2D eigenvalue weighted by Gasteiger charge is 2.27. The SMILES string of the molecule is CCN(C(=O)c1ccnc(C)c1)C(c1ccc(F)cc1)c1ccccn1. The molecule has 0 aliphatic heterocycles. The molecular weight excluding hydrogens is 329 g/mol. The fourth-order valence-electron chi connectivity index (χ4n) is 2.98. The minimum absolute atomic E-state index is 0.113. The van der Waals surface area contributed by atoms with E-state index in [-0.39, 0.29) is 11.7 Å². The minimum atomic E-state index is -0.400. The van der Waals surface area contributed by atoms with Crippen LogP contribution in [-0.2, 0) is 0 Å². The van der Waals surface area contributed by atoms with Gasteiger partial charge in [0.25, 0.3) is 5.91 Å². The standard InChI is InChI=1S/C21H20FN3O/c1-3-25(21(26)17-11-13-23-15(2)14-17)20(19-6-4-5-12-24-19)16-7-9-18(22)10-8-16/h4-14,20H,3H2,1-2H3. The van der Waals surface area contributed by atoms with Crippen molar-refractivity contribution in [2.24, 2.45) is 0 Å². The van der Waals surface area contributed by atoms with Gasteiger partial charge in [-0.3, -0.25) is 14.8 Å². The van der Waals surface area contributed by atoms with Gasteiger partial charge in [0.1, 0.15) is 5.82 Å². The molecular formula is C21H20FN3O. The van der Waals surface area contributed by atoms with E-state index >= 15 is 0 Å². The second-order valence-electron chi connectivity index (χ2n) is 5.99. The molecule has 26 heavy (non-hydrogen) atoms. The van der Waals surface area contributed by atoms with E-state index in [0.717, 1.165) is 17.0 Å². The van der Waals surface area contributed by atoms with Crippen molar-refractivity contribution in [1.82, 2.24) is 14.9 Å². The fourth-order valence-corrected chi connectivity index (χ4v) is 2.98. The van der Waals surface area contributed by atoms with Crippen LogP contribution in [-0.4, -0.2) is 27.3 Å². The Labute approximate surface area is 152 Å². The third-order valence-electron chi connectivity index (χ3n) is 4.21. The van der Waals surface area contributed by atoms with E-state index in [1.54, 1.807) is 41.6 Å². The van der Waals surface area contributed by atoms with E-state index in [2.05, 4.69) is 9.97 Å². The van der Waals surface area contributed by atoms with Gasteiger partial charge in [-0.15, -0.1) is 0 Å². The normalized spacial score (nSPS) is 11.8. The van der Waals surface area contributed by atoms with Crippen molar-refractivity contribution in [2.45, 2.75) is 19.9 Å². The van der Waals surface area contributed by atoms with Crippen LogP contribution in [0, 0.1) is 12.7 Å². The molecule has 5 heteroatoms. The molecule has 3 aromatic rings. The maximum absolute atomic E-state index is 13.4. The topological polar surface area (TPSA) is 46.1 Å². The third-order valence-corrected chi connectivity index (χ3v) is 4.21. The highest BCUT2D eigenvalue weighted by Crippen LogP contribution is 2.29. The molecule has 1 unspecified atom stereocenters. The van der Waals surface area contributed by atoms with Crippen molar-refractivity contribution >= 4 is 5.91 Å². The molecule has 0 spiro atoms. The first kappa shape index (κ1) is 17.7. The van der Waals surface area contributed by atoms with E-state index in [1.165, 1.54) is 12.1 Å². The summed E-state index contributed by atoms with van der Waals surface area (Å²) < 4.78 is 13.4. The average molecular weight is 349 g/mol. The number of hydrogen-bond donors (Lipinski definition) is 0. The zero-order chi connectivity index (χ0) is 18.5. The van der Waals surface area contributed by atoms with Crippen LogP contribution in [0.25, 0.3) is 0 Å². The van der Waals surface area contributed by atoms with Gasteiger partial charge in [-0.05, 0) is 55.8 Å². The molecule has 0 radical (unpaired) electrons. The summed E-state index contributed by atoms with van der Waals surface area (Å²) in [5.41, 5.74) is 2.90. The van der Waals surface area contributed by atoms with Gasteiger partial charge >= 0.3 is 0 Å². The molecule has 4 nitrogen and oxygen atoms in total. The first-order valence-electron chi connectivity index (χ1n) is 8.50. The average Bonchev–Trinajstić information content (AvgIpc) is 2.67. The number of halogens is 1. The van der Waals surface area contributed by atoms with E-state index in [1.807, 2.05) is 32.0 Å².